The maximum Gasteiger partial charge on any atom is 0.230 e. The molecule has 0 spiro atoms. The van der Waals surface area contributed by atoms with Gasteiger partial charge in [0.15, 0.2) is 0 Å². The summed E-state index contributed by atoms with van der Waals surface area (Å²) in [7, 11) is 0. The largest absolute Gasteiger partial charge is 0.285 e. The summed E-state index contributed by atoms with van der Waals surface area (Å²) < 4.78 is 0. The van der Waals surface area contributed by atoms with E-state index in [-0.39, 0.29) is 11.6 Å². The van der Waals surface area contributed by atoms with E-state index in [4.69, 9.17) is 0 Å². The van der Waals surface area contributed by atoms with Crippen LogP contribution in [0.15, 0.2) is 55.1 Å². The Kier molecular flexibility index (Phi) is 2.53. The maximum atomic E-state index is 12.3. The summed E-state index contributed by atoms with van der Waals surface area (Å²) in [6.45, 7) is 0. The molecule has 2 heterocycles. The lowest BCUT2D eigenvalue weighted by atomic mass is 10.0. The predicted molar refractivity (Wildman–Crippen MR) is 67.2 cm³/mol. The lowest BCUT2D eigenvalue weighted by Crippen LogP contribution is -2.06. The van der Waals surface area contributed by atoms with Crippen LogP contribution in [0, 0.1) is 0 Å². The smallest absolute Gasteiger partial charge is 0.230 e. The molecule has 0 aliphatic heterocycles. The first-order valence-corrected chi connectivity index (χ1v) is 5.51. The molecule has 0 aliphatic rings. The average Bonchev–Trinajstić information content (AvgIpc) is 2.47. The summed E-state index contributed by atoms with van der Waals surface area (Å²) in [5.74, 6) is 0.0363. The molecule has 0 saturated heterocycles. The summed E-state index contributed by atoms with van der Waals surface area (Å²) in [6.07, 6.45) is 6.53. The topological polar surface area (TPSA) is 55.7 Å². The second-order valence-electron chi connectivity index (χ2n) is 3.80. The average molecular weight is 235 g/mol. The van der Waals surface area contributed by atoms with Gasteiger partial charge in [-0.25, -0.2) is 9.97 Å². The van der Waals surface area contributed by atoms with Crippen molar-refractivity contribution in [3.63, 3.8) is 0 Å². The van der Waals surface area contributed by atoms with Crippen LogP contribution in [0.25, 0.3) is 10.8 Å². The molecule has 0 fully saturated rings. The Morgan fingerprint density at radius 2 is 1.78 bits per heavy atom. The first-order chi connectivity index (χ1) is 8.86. The number of hydrogen-bond donors (Lipinski definition) is 0. The van der Waals surface area contributed by atoms with E-state index in [1.54, 1.807) is 36.9 Å². The number of carbonyl (C=O) groups excluding carboxylic acids is 1. The molecule has 4 heteroatoms. The minimum Gasteiger partial charge on any atom is -0.285 e. The minimum atomic E-state index is -0.174. The molecular weight excluding hydrogens is 226 g/mol. The van der Waals surface area contributed by atoms with Crippen molar-refractivity contribution >= 4 is 16.6 Å². The van der Waals surface area contributed by atoms with E-state index in [1.165, 1.54) is 0 Å². The number of ketones is 1. The van der Waals surface area contributed by atoms with E-state index in [9.17, 15) is 4.79 Å². The van der Waals surface area contributed by atoms with Crippen molar-refractivity contribution in [2.75, 3.05) is 0 Å². The van der Waals surface area contributed by atoms with Crippen LogP contribution in [0.4, 0.5) is 0 Å². The maximum absolute atomic E-state index is 12.3. The molecule has 3 rings (SSSR count). The molecule has 0 N–H and O–H groups in total. The number of carbonyl (C=O) groups is 1. The SMILES string of the molecule is O=C(c1ncccn1)c1cccc2cnccc12. The van der Waals surface area contributed by atoms with Crippen molar-refractivity contribution in [1.82, 2.24) is 15.0 Å². The molecule has 0 amide bonds. The standard InChI is InChI=1S/C14H9N3O/c18-13(14-16-6-2-7-17-14)12-4-1-3-10-9-15-8-5-11(10)12/h1-9H. The van der Waals surface area contributed by atoms with Gasteiger partial charge in [-0.15, -0.1) is 0 Å². The second-order valence-corrected chi connectivity index (χ2v) is 3.80. The van der Waals surface area contributed by atoms with Crippen LogP contribution in [-0.4, -0.2) is 20.7 Å². The normalized spacial score (nSPS) is 10.4. The van der Waals surface area contributed by atoms with Crippen LogP contribution in [-0.2, 0) is 0 Å². The van der Waals surface area contributed by atoms with Gasteiger partial charge in [0, 0.05) is 35.7 Å². The highest BCUT2D eigenvalue weighted by atomic mass is 16.1. The highest BCUT2D eigenvalue weighted by Gasteiger charge is 2.14. The molecule has 1 aromatic carbocycles. The van der Waals surface area contributed by atoms with E-state index >= 15 is 0 Å². The molecule has 0 saturated carbocycles. The van der Waals surface area contributed by atoms with Crippen molar-refractivity contribution in [2.45, 2.75) is 0 Å². The van der Waals surface area contributed by atoms with Crippen molar-refractivity contribution in [1.29, 1.82) is 0 Å². The zero-order valence-corrected chi connectivity index (χ0v) is 9.45. The van der Waals surface area contributed by atoms with Crippen molar-refractivity contribution in [3.8, 4) is 0 Å². The Morgan fingerprint density at radius 3 is 2.61 bits per heavy atom. The molecule has 0 bridgehead atoms. The predicted octanol–water partition coefficient (Wildman–Crippen LogP) is 2.26. The molecule has 0 unspecified atom stereocenters. The third kappa shape index (κ3) is 1.73. The van der Waals surface area contributed by atoms with Gasteiger partial charge in [-0.3, -0.25) is 9.78 Å². The lowest BCUT2D eigenvalue weighted by Gasteiger charge is -2.03. The third-order valence-corrected chi connectivity index (χ3v) is 2.69. The number of nitrogens with zero attached hydrogens (tertiary/aromatic N) is 3. The molecule has 0 aliphatic carbocycles. The summed E-state index contributed by atoms with van der Waals surface area (Å²) >= 11 is 0. The summed E-state index contributed by atoms with van der Waals surface area (Å²) in [6, 6.07) is 9.04. The number of fused-ring (bicyclic) bond motifs is 1. The molecule has 4 nitrogen and oxygen atoms in total. The quantitative estimate of drug-likeness (QED) is 0.639. The molecule has 86 valence electrons. The van der Waals surface area contributed by atoms with Gasteiger partial charge >= 0.3 is 0 Å². The Hall–Kier alpha value is -2.62. The van der Waals surface area contributed by atoms with E-state index < -0.39 is 0 Å². The first-order valence-electron chi connectivity index (χ1n) is 5.51. The van der Waals surface area contributed by atoms with Crippen LogP contribution in [0.1, 0.15) is 16.2 Å². The Balaban J connectivity index is 2.18. The summed E-state index contributed by atoms with van der Waals surface area (Å²) in [5.41, 5.74) is 0.598. The van der Waals surface area contributed by atoms with Crippen LogP contribution in [0.2, 0.25) is 0 Å². The Labute approximate surface area is 103 Å². The number of pyridine rings is 1. The third-order valence-electron chi connectivity index (χ3n) is 2.69. The fraction of sp³-hybridized carbons (Fsp3) is 0. The molecule has 0 radical (unpaired) electrons. The van der Waals surface area contributed by atoms with Crippen LogP contribution in [0.5, 0.6) is 0 Å². The van der Waals surface area contributed by atoms with Gasteiger partial charge in [0.2, 0.25) is 11.6 Å². The number of hydrogen-bond acceptors (Lipinski definition) is 4. The fourth-order valence-corrected chi connectivity index (χ4v) is 1.86. The fourth-order valence-electron chi connectivity index (χ4n) is 1.86. The van der Waals surface area contributed by atoms with E-state index in [1.807, 2.05) is 18.2 Å². The van der Waals surface area contributed by atoms with Gasteiger partial charge in [0.25, 0.3) is 0 Å². The van der Waals surface area contributed by atoms with Gasteiger partial charge in [-0.2, -0.15) is 0 Å². The molecule has 2 aromatic heterocycles. The zero-order valence-electron chi connectivity index (χ0n) is 9.45. The van der Waals surface area contributed by atoms with E-state index in [2.05, 4.69) is 15.0 Å². The van der Waals surface area contributed by atoms with Gasteiger partial charge < -0.3 is 0 Å². The van der Waals surface area contributed by atoms with Crippen LogP contribution >= 0.6 is 0 Å². The first kappa shape index (κ1) is 10.5. The molecule has 0 atom stereocenters. The van der Waals surface area contributed by atoms with Gasteiger partial charge in [0.05, 0.1) is 0 Å². The Morgan fingerprint density at radius 1 is 0.944 bits per heavy atom. The Bertz CT molecular complexity index is 705. The molecular formula is C14H9N3O. The number of rotatable bonds is 2. The van der Waals surface area contributed by atoms with Crippen LogP contribution in [0.3, 0.4) is 0 Å². The van der Waals surface area contributed by atoms with Crippen molar-refractivity contribution in [2.24, 2.45) is 0 Å². The summed E-state index contributed by atoms with van der Waals surface area (Å²) in [5, 5.41) is 1.80. The number of benzene rings is 1. The highest BCUT2D eigenvalue weighted by molar-refractivity contribution is 6.14. The van der Waals surface area contributed by atoms with E-state index in [0.29, 0.717) is 5.56 Å². The minimum absolute atomic E-state index is 0.174. The van der Waals surface area contributed by atoms with Gasteiger partial charge in [-0.05, 0) is 17.5 Å². The second kappa shape index (κ2) is 4.33. The summed E-state index contributed by atoms with van der Waals surface area (Å²) in [4.78, 5) is 24.3. The van der Waals surface area contributed by atoms with Gasteiger partial charge in [-0.1, -0.05) is 18.2 Å². The molecule has 18 heavy (non-hydrogen) atoms. The molecule has 3 aromatic rings. The van der Waals surface area contributed by atoms with Crippen molar-refractivity contribution < 1.29 is 4.79 Å². The van der Waals surface area contributed by atoms with Gasteiger partial charge in [0.1, 0.15) is 0 Å². The zero-order chi connectivity index (χ0) is 12.4. The van der Waals surface area contributed by atoms with Crippen LogP contribution < -0.4 is 0 Å². The van der Waals surface area contributed by atoms with E-state index in [0.717, 1.165) is 10.8 Å². The number of aromatic nitrogens is 3. The monoisotopic (exact) mass is 235 g/mol. The highest BCUT2D eigenvalue weighted by Crippen LogP contribution is 2.19. The van der Waals surface area contributed by atoms with Crippen molar-refractivity contribution in [3.05, 3.63) is 66.5 Å². The lowest BCUT2D eigenvalue weighted by molar-refractivity contribution is 0.103.